The van der Waals surface area contributed by atoms with Crippen LogP contribution in [0.1, 0.15) is 42.9 Å². The average Bonchev–Trinajstić information content (AvgIpc) is 3.38. The number of nitrogens with zero attached hydrogens (tertiary/aromatic N) is 6. The zero-order valence-corrected chi connectivity index (χ0v) is 20.4. The summed E-state index contributed by atoms with van der Waals surface area (Å²) in [6.45, 7) is 5.68. The Hall–Kier alpha value is -3.71. The van der Waals surface area contributed by atoms with E-state index in [-0.39, 0.29) is 18.2 Å². The summed E-state index contributed by atoms with van der Waals surface area (Å²) < 4.78 is 17.4. The van der Waals surface area contributed by atoms with E-state index in [0.29, 0.717) is 25.5 Å². The van der Waals surface area contributed by atoms with Crippen LogP contribution >= 0.6 is 0 Å². The first-order valence-corrected chi connectivity index (χ1v) is 12.6. The highest BCUT2D eigenvalue weighted by atomic mass is 16.5. The molecule has 0 amide bonds. The summed E-state index contributed by atoms with van der Waals surface area (Å²) in [5.41, 5.74) is 3.12. The molecule has 2 aromatic heterocycles. The smallest absolute Gasteiger partial charge is 0.318 e. The molecule has 36 heavy (non-hydrogen) atoms. The summed E-state index contributed by atoms with van der Waals surface area (Å²) in [6.07, 6.45) is 4.43. The third-order valence-corrected chi connectivity index (χ3v) is 7.06. The SMILES string of the molecule is Cc1nc2c(c(NC3CCC(Oc4nc(C#N)c5ccc(N6CCOCC6)cc5n4)CC3)n1)OCC2. The lowest BCUT2D eigenvalue weighted by Crippen LogP contribution is -2.36. The third kappa shape index (κ3) is 4.58. The lowest BCUT2D eigenvalue weighted by atomic mass is 9.93. The van der Waals surface area contributed by atoms with E-state index < -0.39 is 0 Å². The second-order valence-electron chi connectivity index (χ2n) is 9.50. The molecule has 1 aliphatic carbocycles. The van der Waals surface area contributed by atoms with E-state index in [1.54, 1.807) is 0 Å². The highest BCUT2D eigenvalue weighted by Crippen LogP contribution is 2.33. The van der Waals surface area contributed by atoms with Gasteiger partial charge in [0.05, 0.1) is 31.0 Å². The summed E-state index contributed by atoms with van der Waals surface area (Å²) in [6, 6.07) is 8.73. The maximum atomic E-state index is 9.69. The van der Waals surface area contributed by atoms with Crippen LogP contribution in [0.3, 0.4) is 0 Å². The molecule has 186 valence electrons. The zero-order valence-electron chi connectivity index (χ0n) is 20.4. The van der Waals surface area contributed by atoms with E-state index in [9.17, 15) is 5.26 Å². The van der Waals surface area contributed by atoms with Crippen LogP contribution in [0.2, 0.25) is 0 Å². The number of aryl methyl sites for hydroxylation is 1. The van der Waals surface area contributed by atoms with Gasteiger partial charge < -0.3 is 24.4 Å². The largest absolute Gasteiger partial charge is 0.487 e. The Bertz CT molecular complexity index is 1310. The van der Waals surface area contributed by atoms with Crippen LogP contribution in [0.25, 0.3) is 10.9 Å². The molecule has 2 aliphatic heterocycles. The quantitative estimate of drug-likeness (QED) is 0.575. The Morgan fingerprint density at radius 3 is 2.69 bits per heavy atom. The standard InChI is InChI=1S/C26H29N7O3/c1-16-28-21-8-11-35-24(21)25(29-16)30-17-2-5-19(6-3-17)36-26-31-22-14-18(33-9-12-34-13-10-33)4-7-20(22)23(15-27)32-26/h4,7,14,17,19H,2-3,5-6,8-13H2,1H3,(H,28,29,30). The summed E-state index contributed by atoms with van der Waals surface area (Å²) in [5.74, 6) is 2.35. The fourth-order valence-corrected chi connectivity index (χ4v) is 5.21. The first-order valence-electron chi connectivity index (χ1n) is 12.6. The zero-order chi connectivity index (χ0) is 24.5. The Labute approximate surface area is 209 Å². The van der Waals surface area contributed by atoms with Gasteiger partial charge in [0.1, 0.15) is 18.0 Å². The Kier molecular flexibility index (Phi) is 6.15. The monoisotopic (exact) mass is 487 g/mol. The third-order valence-electron chi connectivity index (χ3n) is 7.06. The van der Waals surface area contributed by atoms with Crippen molar-refractivity contribution in [3.8, 4) is 17.8 Å². The second-order valence-corrected chi connectivity index (χ2v) is 9.50. The molecule has 0 unspecified atom stereocenters. The first kappa shape index (κ1) is 22.7. The normalized spacial score (nSPS) is 21.5. The van der Waals surface area contributed by atoms with Crippen LogP contribution < -0.4 is 19.7 Å². The van der Waals surface area contributed by atoms with Gasteiger partial charge >= 0.3 is 6.01 Å². The molecule has 3 aromatic rings. The molecule has 10 nitrogen and oxygen atoms in total. The number of hydrogen-bond donors (Lipinski definition) is 1. The number of aromatic nitrogens is 4. The van der Waals surface area contributed by atoms with Gasteiger partial charge in [0, 0.05) is 36.6 Å². The topological polar surface area (TPSA) is 118 Å². The molecule has 6 rings (SSSR count). The van der Waals surface area contributed by atoms with Crippen molar-refractivity contribution in [2.45, 2.75) is 51.2 Å². The number of nitriles is 1. The number of fused-ring (bicyclic) bond motifs is 2. The highest BCUT2D eigenvalue weighted by molar-refractivity contribution is 5.86. The number of morpholine rings is 1. The predicted molar refractivity (Wildman–Crippen MR) is 134 cm³/mol. The van der Waals surface area contributed by atoms with Crippen molar-refractivity contribution in [1.29, 1.82) is 5.26 Å². The summed E-state index contributed by atoms with van der Waals surface area (Å²) in [5, 5.41) is 14.0. The number of benzene rings is 1. The van der Waals surface area contributed by atoms with Crippen molar-refractivity contribution < 1.29 is 14.2 Å². The van der Waals surface area contributed by atoms with Gasteiger partial charge in [-0.1, -0.05) is 0 Å². The van der Waals surface area contributed by atoms with Gasteiger partial charge in [-0.2, -0.15) is 15.2 Å². The fraction of sp³-hybridized carbons (Fsp3) is 0.500. The Morgan fingerprint density at radius 1 is 1.06 bits per heavy atom. The van der Waals surface area contributed by atoms with Crippen LogP contribution in [0.4, 0.5) is 11.5 Å². The van der Waals surface area contributed by atoms with Gasteiger partial charge in [0.25, 0.3) is 0 Å². The van der Waals surface area contributed by atoms with Crippen molar-refractivity contribution >= 4 is 22.4 Å². The molecule has 4 heterocycles. The number of rotatable bonds is 5. The van der Waals surface area contributed by atoms with Crippen LogP contribution in [0, 0.1) is 18.3 Å². The fourth-order valence-electron chi connectivity index (χ4n) is 5.21. The number of anilines is 2. The second kappa shape index (κ2) is 9.74. The van der Waals surface area contributed by atoms with E-state index in [4.69, 9.17) is 14.2 Å². The molecule has 10 heteroatoms. The molecule has 2 fully saturated rings. The van der Waals surface area contributed by atoms with Crippen molar-refractivity contribution in [3.63, 3.8) is 0 Å². The summed E-state index contributed by atoms with van der Waals surface area (Å²) in [4.78, 5) is 20.4. The van der Waals surface area contributed by atoms with Gasteiger partial charge in [0.15, 0.2) is 17.3 Å². The van der Waals surface area contributed by atoms with Crippen LogP contribution in [-0.4, -0.2) is 65.0 Å². The van der Waals surface area contributed by atoms with Gasteiger partial charge in [-0.15, -0.1) is 0 Å². The molecule has 1 saturated carbocycles. The number of hydrogen-bond acceptors (Lipinski definition) is 10. The molecule has 0 atom stereocenters. The van der Waals surface area contributed by atoms with Crippen LogP contribution in [-0.2, 0) is 11.2 Å². The van der Waals surface area contributed by atoms with E-state index in [2.05, 4.69) is 36.2 Å². The molecule has 1 aromatic carbocycles. The molecular formula is C26H29N7O3. The van der Waals surface area contributed by atoms with Crippen LogP contribution in [0.15, 0.2) is 18.2 Å². The van der Waals surface area contributed by atoms with E-state index >= 15 is 0 Å². The van der Waals surface area contributed by atoms with Gasteiger partial charge in [-0.05, 0) is 50.8 Å². The average molecular weight is 488 g/mol. The van der Waals surface area contributed by atoms with Gasteiger partial charge in [-0.25, -0.2) is 9.97 Å². The molecule has 0 spiro atoms. The first-order chi connectivity index (χ1) is 17.7. The Morgan fingerprint density at radius 2 is 1.89 bits per heavy atom. The molecule has 1 saturated heterocycles. The lowest BCUT2D eigenvalue weighted by Gasteiger charge is -2.30. The minimum absolute atomic E-state index is 0.00330. The van der Waals surface area contributed by atoms with Gasteiger partial charge in [0.2, 0.25) is 0 Å². The predicted octanol–water partition coefficient (Wildman–Crippen LogP) is 3.17. The van der Waals surface area contributed by atoms with Crippen molar-refractivity contribution in [3.05, 3.63) is 35.4 Å². The highest BCUT2D eigenvalue weighted by Gasteiger charge is 2.27. The van der Waals surface area contributed by atoms with Crippen LogP contribution in [0.5, 0.6) is 11.8 Å². The molecular weight excluding hydrogens is 458 g/mol. The lowest BCUT2D eigenvalue weighted by molar-refractivity contribution is 0.122. The number of ether oxygens (including phenoxy) is 3. The van der Waals surface area contributed by atoms with E-state index in [0.717, 1.165) is 84.9 Å². The minimum atomic E-state index is 0.00330. The van der Waals surface area contributed by atoms with E-state index in [1.807, 2.05) is 25.1 Å². The molecule has 0 radical (unpaired) electrons. The summed E-state index contributed by atoms with van der Waals surface area (Å²) >= 11 is 0. The van der Waals surface area contributed by atoms with Crippen molar-refractivity contribution in [2.75, 3.05) is 43.1 Å². The molecule has 3 aliphatic rings. The maximum absolute atomic E-state index is 9.69. The number of nitrogens with one attached hydrogen (secondary N) is 1. The maximum Gasteiger partial charge on any atom is 0.318 e. The summed E-state index contributed by atoms with van der Waals surface area (Å²) in [7, 11) is 0. The molecule has 0 bridgehead atoms. The Balaban J connectivity index is 1.13. The van der Waals surface area contributed by atoms with E-state index in [1.165, 1.54) is 0 Å². The van der Waals surface area contributed by atoms with Gasteiger partial charge in [-0.3, -0.25) is 0 Å². The van der Waals surface area contributed by atoms with Crippen molar-refractivity contribution in [2.24, 2.45) is 0 Å². The minimum Gasteiger partial charge on any atom is -0.487 e. The van der Waals surface area contributed by atoms with Crippen molar-refractivity contribution in [1.82, 2.24) is 19.9 Å². The molecule has 1 N–H and O–H groups in total.